The van der Waals surface area contributed by atoms with Crippen molar-refractivity contribution in [1.82, 2.24) is 14.2 Å². The Morgan fingerprint density at radius 1 is 1.38 bits per heavy atom. The third-order valence-electron chi connectivity index (χ3n) is 4.38. The number of hydrogen-bond donors (Lipinski definition) is 2. The van der Waals surface area contributed by atoms with Crippen LogP contribution in [0.5, 0.6) is 0 Å². The zero-order valence-electron chi connectivity index (χ0n) is 17.1. The van der Waals surface area contributed by atoms with Gasteiger partial charge in [-0.25, -0.2) is 9.46 Å². The highest BCUT2D eigenvalue weighted by molar-refractivity contribution is 7.44. The second-order valence-electron chi connectivity index (χ2n) is 7.29. The van der Waals surface area contributed by atoms with E-state index in [4.69, 9.17) is 19.0 Å². The maximum atomic E-state index is 12.0. The number of rotatable bonds is 10. The van der Waals surface area contributed by atoms with Crippen LogP contribution in [0.2, 0.25) is 0 Å². The standard InChI is InChI=1S/C18H29N4O6P/c1-12(2)22(13(3)4)29(26-9-5-7-19)27-11-15-14(23)10-17(28-15)21-8-6-16(24)20-18(21)25/h6,8,12-15,17,23H,5,9-11H2,1-4H3,(H,20,24,25)/t14-,15+,17+,29?/m0/s1. The number of nitrogens with zero attached hydrogens (tertiary/aromatic N) is 3. The van der Waals surface area contributed by atoms with Gasteiger partial charge in [-0.2, -0.15) is 5.26 Å². The van der Waals surface area contributed by atoms with Crippen LogP contribution in [0.1, 0.15) is 46.8 Å². The molecule has 162 valence electrons. The Balaban J connectivity index is 2.04. The van der Waals surface area contributed by atoms with Crippen molar-refractivity contribution in [3.8, 4) is 6.07 Å². The average Bonchev–Trinajstić information content (AvgIpc) is 2.99. The van der Waals surface area contributed by atoms with Crippen LogP contribution in [0.3, 0.4) is 0 Å². The van der Waals surface area contributed by atoms with Crippen LogP contribution in [0.4, 0.5) is 0 Å². The van der Waals surface area contributed by atoms with Crippen molar-refractivity contribution in [3.05, 3.63) is 33.1 Å². The Bertz CT molecular complexity index is 797. The van der Waals surface area contributed by atoms with E-state index in [2.05, 4.69) is 9.65 Å². The Kier molecular flexibility index (Phi) is 8.96. The summed E-state index contributed by atoms with van der Waals surface area (Å²) in [6.45, 7) is 8.46. The van der Waals surface area contributed by atoms with Crippen molar-refractivity contribution in [1.29, 1.82) is 5.26 Å². The number of aliphatic hydroxyl groups is 1. The molecule has 0 spiro atoms. The van der Waals surface area contributed by atoms with Crippen molar-refractivity contribution < 1.29 is 18.9 Å². The highest BCUT2D eigenvalue weighted by Crippen LogP contribution is 2.46. The lowest BCUT2D eigenvalue weighted by atomic mass is 10.2. The fourth-order valence-electron chi connectivity index (χ4n) is 3.14. The van der Waals surface area contributed by atoms with Crippen LogP contribution in [0, 0.1) is 11.3 Å². The van der Waals surface area contributed by atoms with Gasteiger partial charge in [0.25, 0.3) is 14.1 Å². The van der Waals surface area contributed by atoms with E-state index in [1.54, 1.807) is 0 Å². The van der Waals surface area contributed by atoms with Gasteiger partial charge in [-0.15, -0.1) is 0 Å². The minimum atomic E-state index is -1.45. The number of H-pyrrole nitrogens is 1. The van der Waals surface area contributed by atoms with E-state index in [-0.39, 0.29) is 38.1 Å². The topological polar surface area (TPSA) is 130 Å². The fourth-order valence-corrected chi connectivity index (χ4v) is 4.76. The predicted octanol–water partition coefficient (Wildman–Crippen LogP) is 1.48. The SMILES string of the molecule is CC(C)N(C(C)C)P(OCCC#N)OC[C@H]1O[C@@H](n2ccc(=O)[nH]c2=O)C[C@@H]1O. The predicted molar refractivity (Wildman–Crippen MR) is 107 cm³/mol. The van der Waals surface area contributed by atoms with E-state index in [1.165, 1.54) is 16.8 Å². The molecular weight excluding hydrogens is 399 g/mol. The van der Waals surface area contributed by atoms with E-state index in [0.717, 1.165) is 0 Å². The van der Waals surface area contributed by atoms with E-state index < -0.39 is 38.2 Å². The van der Waals surface area contributed by atoms with Crippen LogP contribution < -0.4 is 11.2 Å². The van der Waals surface area contributed by atoms with Gasteiger partial charge in [-0.3, -0.25) is 14.3 Å². The highest BCUT2D eigenvalue weighted by atomic mass is 31.2. The van der Waals surface area contributed by atoms with Crippen molar-refractivity contribution in [2.75, 3.05) is 13.2 Å². The van der Waals surface area contributed by atoms with Crippen molar-refractivity contribution in [3.63, 3.8) is 0 Å². The van der Waals surface area contributed by atoms with Crippen LogP contribution in [0.25, 0.3) is 0 Å². The molecule has 0 amide bonds. The minimum absolute atomic E-state index is 0.0734. The quantitative estimate of drug-likeness (QED) is 0.423. The Hall–Kier alpha value is -1.60. The monoisotopic (exact) mass is 428 g/mol. The second-order valence-corrected chi connectivity index (χ2v) is 8.75. The van der Waals surface area contributed by atoms with Crippen LogP contribution in [0.15, 0.2) is 21.9 Å². The molecule has 1 aliphatic heterocycles. The normalized spacial score (nSPS) is 23.1. The molecule has 0 aromatic carbocycles. The number of aromatic amines is 1. The molecule has 1 unspecified atom stereocenters. The van der Waals surface area contributed by atoms with Crippen LogP contribution in [-0.4, -0.2) is 56.8 Å². The van der Waals surface area contributed by atoms with Crippen molar-refractivity contribution in [2.45, 2.75) is 71.1 Å². The van der Waals surface area contributed by atoms with E-state index in [0.29, 0.717) is 0 Å². The van der Waals surface area contributed by atoms with Gasteiger partial charge in [0.1, 0.15) is 12.3 Å². The molecule has 2 heterocycles. The van der Waals surface area contributed by atoms with Gasteiger partial charge >= 0.3 is 5.69 Å². The zero-order chi connectivity index (χ0) is 21.6. The van der Waals surface area contributed by atoms with Gasteiger partial charge in [-0.05, 0) is 27.7 Å². The molecule has 0 saturated carbocycles. The van der Waals surface area contributed by atoms with Crippen LogP contribution >= 0.6 is 8.53 Å². The van der Waals surface area contributed by atoms with Gasteiger partial charge < -0.3 is 18.9 Å². The lowest BCUT2D eigenvalue weighted by molar-refractivity contribution is -0.0433. The van der Waals surface area contributed by atoms with E-state index >= 15 is 0 Å². The van der Waals surface area contributed by atoms with E-state index in [1.807, 2.05) is 33.8 Å². The first-order valence-corrected chi connectivity index (χ1v) is 10.7. The van der Waals surface area contributed by atoms with E-state index in [9.17, 15) is 14.7 Å². The number of nitrogens with one attached hydrogen (secondary N) is 1. The molecule has 29 heavy (non-hydrogen) atoms. The van der Waals surface area contributed by atoms with Gasteiger partial charge in [0.2, 0.25) is 0 Å². The van der Waals surface area contributed by atoms with Crippen molar-refractivity contribution in [2.24, 2.45) is 0 Å². The fraction of sp³-hybridized carbons (Fsp3) is 0.722. The highest BCUT2D eigenvalue weighted by Gasteiger charge is 2.37. The molecule has 0 aliphatic carbocycles. The summed E-state index contributed by atoms with van der Waals surface area (Å²) in [4.78, 5) is 25.4. The first-order chi connectivity index (χ1) is 13.7. The number of hydrogen-bond acceptors (Lipinski definition) is 8. The molecule has 2 N–H and O–H groups in total. The smallest absolute Gasteiger partial charge is 0.330 e. The average molecular weight is 428 g/mol. The molecule has 1 fully saturated rings. The summed E-state index contributed by atoms with van der Waals surface area (Å²) in [5.74, 6) is 0. The van der Waals surface area contributed by atoms with Gasteiger partial charge in [0.05, 0.1) is 31.8 Å². The lowest BCUT2D eigenvalue weighted by Gasteiger charge is -2.36. The molecule has 1 aromatic rings. The lowest BCUT2D eigenvalue weighted by Crippen LogP contribution is -2.35. The maximum absolute atomic E-state index is 12.0. The first-order valence-electron chi connectivity index (χ1n) is 9.60. The third kappa shape index (κ3) is 6.44. The molecule has 0 bridgehead atoms. The van der Waals surface area contributed by atoms with Crippen molar-refractivity contribution >= 4 is 8.53 Å². The molecule has 1 aliphatic rings. The molecular formula is C18H29N4O6P. The molecule has 11 heteroatoms. The van der Waals surface area contributed by atoms with Crippen LogP contribution in [-0.2, 0) is 13.8 Å². The number of aromatic nitrogens is 2. The third-order valence-corrected chi connectivity index (χ3v) is 6.45. The Labute approximate surface area is 171 Å². The first kappa shape index (κ1) is 23.7. The minimum Gasteiger partial charge on any atom is -0.390 e. The summed E-state index contributed by atoms with van der Waals surface area (Å²) >= 11 is 0. The number of ether oxygens (including phenoxy) is 1. The molecule has 10 nitrogen and oxygen atoms in total. The summed E-state index contributed by atoms with van der Waals surface area (Å²) in [7, 11) is -1.45. The molecule has 1 aromatic heterocycles. The van der Waals surface area contributed by atoms with Gasteiger partial charge in [0.15, 0.2) is 0 Å². The van der Waals surface area contributed by atoms with Gasteiger partial charge in [0, 0.05) is 30.8 Å². The van der Waals surface area contributed by atoms with Gasteiger partial charge in [-0.1, -0.05) is 0 Å². The summed E-state index contributed by atoms with van der Waals surface area (Å²) < 4.78 is 20.9. The summed E-state index contributed by atoms with van der Waals surface area (Å²) in [6, 6.07) is 3.59. The molecule has 4 atom stereocenters. The maximum Gasteiger partial charge on any atom is 0.330 e. The zero-order valence-corrected chi connectivity index (χ0v) is 18.0. The largest absolute Gasteiger partial charge is 0.390 e. The number of nitriles is 1. The summed E-state index contributed by atoms with van der Waals surface area (Å²) in [6.07, 6.45) is -0.373. The number of aliphatic hydroxyl groups excluding tert-OH is 1. The summed E-state index contributed by atoms with van der Waals surface area (Å²) in [5.41, 5.74) is -1.09. The molecule has 0 radical (unpaired) electrons. The Morgan fingerprint density at radius 2 is 2.07 bits per heavy atom. The molecule has 1 saturated heterocycles. The second kappa shape index (κ2) is 11.0. The Morgan fingerprint density at radius 3 is 2.66 bits per heavy atom. The summed E-state index contributed by atoms with van der Waals surface area (Å²) in [5, 5.41) is 19.1. The molecule has 2 rings (SSSR count).